The highest BCUT2D eigenvalue weighted by Crippen LogP contribution is 2.29. The molecule has 0 aliphatic heterocycles. The number of nitrogens with zero attached hydrogens (tertiary/aromatic N) is 2. The number of H-pyrrole nitrogens is 1. The second kappa shape index (κ2) is 3.61. The summed E-state index contributed by atoms with van der Waals surface area (Å²) in [5.74, 6) is 0. The molecule has 1 aromatic carbocycles. The van der Waals surface area contributed by atoms with E-state index in [9.17, 15) is 0 Å². The molecule has 2 heterocycles. The molecule has 0 amide bonds. The van der Waals surface area contributed by atoms with Crippen molar-refractivity contribution in [3.63, 3.8) is 0 Å². The number of hydrogen-bond acceptors (Lipinski definition) is 2. The second-order valence-electron chi connectivity index (χ2n) is 3.49. The Hall–Kier alpha value is -1.87. The zero-order chi connectivity index (χ0) is 11.0. The Labute approximate surface area is 97.1 Å². The molecular weight excluding hydrogens is 222 g/mol. The van der Waals surface area contributed by atoms with E-state index < -0.39 is 0 Å². The number of benzene rings is 1. The summed E-state index contributed by atoms with van der Waals surface area (Å²) < 4.78 is 0. The fourth-order valence-electron chi connectivity index (χ4n) is 1.79. The molecule has 0 radical (unpaired) electrons. The lowest BCUT2D eigenvalue weighted by molar-refractivity contribution is 1.17. The maximum absolute atomic E-state index is 6.07. The van der Waals surface area contributed by atoms with Gasteiger partial charge in [0.2, 0.25) is 0 Å². The molecule has 4 heteroatoms. The highest BCUT2D eigenvalue weighted by molar-refractivity contribution is 6.31. The summed E-state index contributed by atoms with van der Waals surface area (Å²) in [5.41, 5.74) is 2.91. The molecule has 0 atom stereocenters. The van der Waals surface area contributed by atoms with Gasteiger partial charge < -0.3 is 4.98 Å². The van der Waals surface area contributed by atoms with Gasteiger partial charge in [0, 0.05) is 28.4 Å². The van der Waals surface area contributed by atoms with Crippen LogP contribution in [-0.4, -0.2) is 15.0 Å². The van der Waals surface area contributed by atoms with E-state index in [1.54, 1.807) is 6.20 Å². The first kappa shape index (κ1) is 9.36. The summed E-state index contributed by atoms with van der Waals surface area (Å²) in [7, 11) is 0. The van der Waals surface area contributed by atoms with E-state index in [0.717, 1.165) is 22.2 Å². The molecule has 0 aliphatic carbocycles. The lowest BCUT2D eigenvalue weighted by Crippen LogP contribution is -1.85. The monoisotopic (exact) mass is 229 g/mol. The largest absolute Gasteiger partial charge is 0.361 e. The van der Waals surface area contributed by atoms with E-state index >= 15 is 0 Å². The Morgan fingerprint density at radius 2 is 2.12 bits per heavy atom. The molecule has 0 saturated heterocycles. The van der Waals surface area contributed by atoms with Crippen molar-refractivity contribution in [3.05, 3.63) is 48.0 Å². The molecule has 0 aliphatic rings. The third kappa shape index (κ3) is 1.46. The van der Waals surface area contributed by atoms with Crippen LogP contribution in [0.4, 0.5) is 0 Å². The van der Waals surface area contributed by atoms with Crippen molar-refractivity contribution < 1.29 is 0 Å². The maximum Gasteiger partial charge on any atom is 0.116 e. The minimum atomic E-state index is 0.709. The van der Waals surface area contributed by atoms with Gasteiger partial charge >= 0.3 is 0 Å². The van der Waals surface area contributed by atoms with Crippen LogP contribution < -0.4 is 0 Å². The highest BCUT2D eigenvalue weighted by atomic mass is 35.5. The molecule has 3 rings (SSSR count). The molecule has 16 heavy (non-hydrogen) atoms. The van der Waals surface area contributed by atoms with Gasteiger partial charge in [-0.25, -0.2) is 9.97 Å². The molecule has 0 saturated carbocycles. The van der Waals surface area contributed by atoms with E-state index in [1.165, 1.54) is 6.33 Å². The Morgan fingerprint density at radius 3 is 2.94 bits per heavy atom. The molecule has 0 spiro atoms. The third-order valence-electron chi connectivity index (χ3n) is 2.48. The Bertz CT molecular complexity index is 631. The fraction of sp³-hybridized carbons (Fsp3) is 0. The van der Waals surface area contributed by atoms with Gasteiger partial charge in [-0.1, -0.05) is 11.6 Å². The second-order valence-corrected chi connectivity index (χ2v) is 3.93. The van der Waals surface area contributed by atoms with Gasteiger partial charge in [0.15, 0.2) is 0 Å². The average Bonchev–Trinajstić information content (AvgIpc) is 2.77. The van der Waals surface area contributed by atoms with Crippen LogP contribution in [0.3, 0.4) is 0 Å². The van der Waals surface area contributed by atoms with Crippen molar-refractivity contribution in [2.45, 2.75) is 0 Å². The molecule has 1 N–H and O–H groups in total. The normalized spacial score (nSPS) is 10.8. The first-order valence-electron chi connectivity index (χ1n) is 4.87. The van der Waals surface area contributed by atoms with E-state index in [4.69, 9.17) is 11.6 Å². The molecular formula is C12H8ClN3. The number of fused-ring (bicyclic) bond motifs is 1. The molecule has 78 valence electrons. The summed E-state index contributed by atoms with van der Waals surface area (Å²) in [6.07, 6.45) is 5.15. The predicted molar refractivity (Wildman–Crippen MR) is 64.3 cm³/mol. The SMILES string of the molecule is Clc1cc(-c2ccncn2)c2[nH]ccc2c1. The number of halogens is 1. The van der Waals surface area contributed by atoms with Crippen molar-refractivity contribution >= 4 is 22.5 Å². The van der Waals surface area contributed by atoms with Gasteiger partial charge in [0.05, 0.1) is 11.2 Å². The number of hydrogen-bond donors (Lipinski definition) is 1. The first-order chi connectivity index (χ1) is 7.84. The number of aromatic amines is 1. The lowest BCUT2D eigenvalue weighted by Gasteiger charge is -2.03. The van der Waals surface area contributed by atoms with Gasteiger partial charge in [-0.15, -0.1) is 0 Å². The smallest absolute Gasteiger partial charge is 0.116 e. The summed E-state index contributed by atoms with van der Waals surface area (Å²) in [5, 5.41) is 1.79. The zero-order valence-electron chi connectivity index (χ0n) is 8.31. The number of aromatic nitrogens is 3. The zero-order valence-corrected chi connectivity index (χ0v) is 9.07. The highest BCUT2D eigenvalue weighted by Gasteiger charge is 2.07. The number of rotatable bonds is 1. The van der Waals surface area contributed by atoms with Crippen molar-refractivity contribution in [1.29, 1.82) is 0 Å². The van der Waals surface area contributed by atoms with Gasteiger partial charge in [-0.2, -0.15) is 0 Å². The van der Waals surface area contributed by atoms with Crippen molar-refractivity contribution in [3.8, 4) is 11.3 Å². The standard InChI is InChI=1S/C12H8ClN3/c13-9-5-8-1-4-15-12(8)10(6-9)11-2-3-14-7-16-11/h1-7,15H. The van der Waals surface area contributed by atoms with Crippen molar-refractivity contribution in [1.82, 2.24) is 15.0 Å². The molecule has 0 fully saturated rings. The third-order valence-corrected chi connectivity index (χ3v) is 2.70. The average molecular weight is 230 g/mol. The molecule has 0 bridgehead atoms. The Balaban J connectivity index is 2.34. The maximum atomic E-state index is 6.07. The van der Waals surface area contributed by atoms with E-state index in [1.807, 2.05) is 30.5 Å². The summed E-state index contributed by atoms with van der Waals surface area (Å²) in [4.78, 5) is 11.3. The van der Waals surface area contributed by atoms with E-state index in [2.05, 4.69) is 15.0 Å². The summed E-state index contributed by atoms with van der Waals surface area (Å²) >= 11 is 6.07. The van der Waals surface area contributed by atoms with Crippen molar-refractivity contribution in [2.24, 2.45) is 0 Å². The minimum absolute atomic E-state index is 0.709. The summed E-state index contributed by atoms with van der Waals surface area (Å²) in [6.45, 7) is 0. The molecule has 3 nitrogen and oxygen atoms in total. The van der Waals surface area contributed by atoms with Gasteiger partial charge in [-0.3, -0.25) is 0 Å². The van der Waals surface area contributed by atoms with Crippen LogP contribution >= 0.6 is 11.6 Å². The van der Waals surface area contributed by atoms with Crippen LogP contribution in [0.5, 0.6) is 0 Å². The molecule has 2 aromatic heterocycles. The van der Waals surface area contributed by atoms with E-state index in [0.29, 0.717) is 5.02 Å². The minimum Gasteiger partial charge on any atom is -0.361 e. The van der Waals surface area contributed by atoms with Crippen LogP contribution in [0.25, 0.3) is 22.2 Å². The molecule has 3 aromatic rings. The number of nitrogens with one attached hydrogen (secondary N) is 1. The van der Waals surface area contributed by atoms with Gasteiger partial charge in [-0.05, 0) is 24.3 Å². The first-order valence-corrected chi connectivity index (χ1v) is 5.25. The predicted octanol–water partition coefficient (Wildman–Crippen LogP) is 3.28. The lowest BCUT2D eigenvalue weighted by atomic mass is 10.1. The van der Waals surface area contributed by atoms with Crippen LogP contribution in [0.15, 0.2) is 43.0 Å². The van der Waals surface area contributed by atoms with Crippen LogP contribution in [0, 0.1) is 0 Å². The topological polar surface area (TPSA) is 41.6 Å². The van der Waals surface area contributed by atoms with Crippen LogP contribution in [0.2, 0.25) is 5.02 Å². The fourth-order valence-corrected chi connectivity index (χ4v) is 2.01. The van der Waals surface area contributed by atoms with Crippen LogP contribution in [-0.2, 0) is 0 Å². The van der Waals surface area contributed by atoms with Crippen LogP contribution in [0.1, 0.15) is 0 Å². The summed E-state index contributed by atoms with van der Waals surface area (Å²) in [6, 6.07) is 7.69. The quantitative estimate of drug-likeness (QED) is 0.696. The van der Waals surface area contributed by atoms with Crippen molar-refractivity contribution in [2.75, 3.05) is 0 Å². The molecule has 0 unspecified atom stereocenters. The van der Waals surface area contributed by atoms with Gasteiger partial charge in [0.1, 0.15) is 6.33 Å². The Morgan fingerprint density at radius 1 is 1.19 bits per heavy atom. The van der Waals surface area contributed by atoms with Gasteiger partial charge in [0.25, 0.3) is 0 Å². The van der Waals surface area contributed by atoms with E-state index in [-0.39, 0.29) is 0 Å². The Kier molecular flexibility index (Phi) is 2.11.